The average molecular weight is 285 g/mol. The van der Waals surface area contributed by atoms with E-state index in [1.807, 2.05) is 0 Å². The molecule has 0 atom stereocenters. The number of halogens is 1. The van der Waals surface area contributed by atoms with E-state index in [0.717, 1.165) is 11.8 Å². The highest BCUT2D eigenvalue weighted by Gasteiger charge is 2.02. The van der Waals surface area contributed by atoms with Crippen molar-refractivity contribution in [1.82, 2.24) is 0 Å². The number of rotatable bonds is 2. The van der Waals surface area contributed by atoms with Gasteiger partial charge in [-0.1, -0.05) is 58.4 Å². The third-order valence-corrected chi connectivity index (χ3v) is 3.60. The van der Waals surface area contributed by atoms with Gasteiger partial charge >= 0.3 is 0 Å². The van der Waals surface area contributed by atoms with Gasteiger partial charge in [-0.3, -0.25) is 0 Å². The van der Waals surface area contributed by atoms with Crippen molar-refractivity contribution in [3.63, 3.8) is 0 Å². The van der Waals surface area contributed by atoms with Crippen LogP contribution in [0.2, 0.25) is 0 Å². The van der Waals surface area contributed by atoms with Gasteiger partial charge in [0.25, 0.3) is 0 Å². The lowest BCUT2D eigenvalue weighted by Crippen LogP contribution is -1.88. The molecule has 0 nitrogen and oxygen atoms in total. The van der Waals surface area contributed by atoms with Gasteiger partial charge in [-0.2, -0.15) is 0 Å². The SMILES string of the molecule is BrCCc1cccc2cc3ccccc3cc12. The Labute approximate surface area is 109 Å². The molecular weight excluding hydrogens is 272 g/mol. The number of benzene rings is 3. The Morgan fingerprint density at radius 2 is 1.47 bits per heavy atom. The number of hydrogen-bond donors (Lipinski definition) is 0. The van der Waals surface area contributed by atoms with E-state index in [0.29, 0.717) is 0 Å². The van der Waals surface area contributed by atoms with E-state index >= 15 is 0 Å². The van der Waals surface area contributed by atoms with E-state index in [1.165, 1.54) is 27.1 Å². The second-order valence-corrected chi connectivity index (χ2v) is 5.07. The molecule has 0 aliphatic carbocycles. The van der Waals surface area contributed by atoms with Crippen LogP contribution < -0.4 is 0 Å². The summed E-state index contributed by atoms with van der Waals surface area (Å²) in [5, 5.41) is 6.37. The number of alkyl halides is 1. The van der Waals surface area contributed by atoms with Crippen LogP contribution in [0.1, 0.15) is 5.56 Å². The highest BCUT2D eigenvalue weighted by atomic mass is 79.9. The summed E-state index contributed by atoms with van der Waals surface area (Å²) >= 11 is 3.52. The van der Waals surface area contributed by atoms with Crippen molar-refractivity contribution in [3.8, 4) is 0 Å². The molecule has 0 saturated heterocycles. The average Bonchev–Trinajstić information content (AvgIpc) is 2.37. The molecule has 0 aromatic heterocycles. The molecule has 84 valence electrons. The first-order chi connectivity index (χ1) is 8.38. The molecule has 1 heteroatoms. The first-order valence-corrected chi connectivity index (χ1v) is 6.97. The van der Waals surface area contributed by atoms with Crippen molar-refractivity contribution in [2.24, 2.45) is 0 Å². The fourth-order valence-corrected chi connectivity index (χ4v) is 2.78. The zero-order chi connectivity index (χ0) is 11.7. The van der Waals surface area contributed by atoms with Crippen molar-refractivity contribution in [2.45, 2.75) is 6.42 Å². The summed E-state index contributed by atoms with van der Waals surface area (Å²) in [5.74, 6) is 0. The second-order valence-electron chi connectivity index (χ2n) is 4.28. The minimum Gasteiger partial charge on any atom is -0.0924 e. The lowest BCUT2D eigenvalue weighted by molar-refractivity contribution is 1.19. The molecule has 0 saturated carbocycles. The van der Waals surface area contributed by atoms with E-state index in [4.69, 9.17) is 0 Å². The molecular formula is C16H13Br. The molecule has 0 unspecified atom stereocenters. The monoisotopic (exact) mass is 284 g/mol. The van der Waals surface area contributed by atoms with Crippen LogP contribution in [0.15, 0.2) is 54.6 Å². The molecule has 0 spiro atoms. The van der Waals surface area contributed by atoms with E-state index in [9.17, 15) is 0 Å². The summed E-state index contributed by atoms with van der Waals surface area (Å²) in [5.41, 5.74) is 1.42. The maximum atomic E-state index is 3.52. The fourth-order valence-electron chi connectivity index (χ4n) is 2.35. The Balaban J connectivity index is 2.35. The first-order valence-electron chi connectivity index (χ1n) is 5.85. The third kappa shape index (κ3) is 1.96. The summed E-state index contributed by atoms with van der Waals surface area (Å²) in [7, 11) is 0. The Morgan fingerprint density at radius 3 is 2.24 bits per heavy atom. The summed E-state index contributed by atoms with van der Waals surface area (Å²) in [6.45, 7) is 0. The van der Waals surface area contributed by atoms with Crippen molar-refractivity contribution in [2.75, 3.05) is 5.33 Å². The predicted octanol–water partition coefficient (Wildman–Crippen LogP) is 4.93. The van der Waals surface area contributed by atoms with Gasteiger partial charge in [0, 0.05) is 5.33 Å². The van der Waals surface area contributed by atoms with E-state index < -0.39 is 0 Å². The van der Waals surface area contributed by atoms with Crippen LogP contribution in [0.4, 0.5) is 0 Å². The topological polar surface area (TPSA) is 0 Å². The summed E-state index contributed by atoms with van der Waals surface area (Å²) in [6, 6.07) is 19.7. The lowest BCUT2D eigenvalue weighted by atomic mass is 9.99. The summed E-state index contributed by atoms with van der Waals surface area (Å²) in [6.07, 6.45) is 1.08. The van der Waals surface area contributed by atoms with Crippen LogP contribution in [-0.4, -0.2) is 5.33 Å². The Bertz CT molecular complexity index is 670. The summed E-state index contributed by atoms with van der Waals surface area (Å²) < 4.78 is 0. The fraction of sp³-hybridized carbons (Fsp3) is 0.125. The first kappa shape index (κ1) is 10.8. The van der Waals surface area contributed by atoms with Gasteiger partial charge in [0.05, 0.1) is 0 Å². The lowest BCUT2D eigenvalue weighted by Gasteiger charge is -2.07. The van der Waals surface area contributed by atoms with Crippen LogP contribution in [0, 0.1) is 0 Å². The van der Waals surface area contributed by atoms with Gasteiger partial charge in [0.15, 0.2) is 0 Å². The molecule has 3 aromatic rings. The summed E-state index contributed by atoms with van der Waals surface area (Å²) in [4.78, 5) is 0. The van der Waals surface area contributed by atoms with E-state index in [-0.39, 0.29) is 0 Å². The van der Waals surface area contributed by atoms with Crippen LogP contribution in [0.5, 0.6) is 0 Å². The molecule has 0 aliphatic heterocycles. The minimum absolute atomic E-state index is 1.01. The van der Waals surface area contributed by atoms with Crippen molar-refractivity contribution in [1.29, 1.82) is 0 Å². The molecule has 0 radical (unpaired) electrons. The van der Waals surface area contributed by atoms with Crippen LogP contribution in [-0.2, 0) is 6.42 Å². The Kier molecular flexibility index (Phi) is 2.86. The largest absolute Gasteiger partial charge is 0.0924 e. The number of aryl methyl sites for hydroxylation is 1. The number of fused-ring (bicyclic) bond motifs is 2. The van der Waals surface area contributed by atoms with E-state index in [1.54, 1.807) is 0 Å². The van der Waals surface area contributed by atoms with Crippen LogP contribution >= 0.6 is 15.9 Å². The zero-order valence-corrected chi connectivity index (χ0v) is 11.1. The van der Waals surface area contributed by atoms with E-state index in [2.05, 4.69) is 70.5 Å². The van der Waals surface area contributed by atoms with Gasteiger partial charge in [0.2, 0.25) is 0 Å². The quantitative estimate of drug-likeness (QED) is 0.462. The van der Waals surface area contributed by atoms with Gasteiger partial charge < -0.3 is 0 Å². The Hall–Kier alpha value is -1.34. The Morgan fingerprint density at radius 1 is 0.765 bits per heavy atom. The van der Waals surface area contributed by atoms with Crippen LogP contribution in [0.25, 0.3) is 21.5 Å². The highest BCUT2D eigenvalue weighted by Crippen LogP contribution is 2.25. The molecule has 0 bridgehead atoms. The smallest absolute Gasteiger partial charge is 0.00720 e. The molecule has 0 aliphatic rings. The maximum Gasteiger partial charge on any atom is 0.00720 e. The molecule has 17 heavy (non-hydrogen) atoms. The predicted molar refractivity (Wildman–Crippen MR) is 79.0 cm³/mol. The van der Waals surface area contributed by atoms with Gasteiger partial charge in [0.1, 0.15) is 0 Å². The molecule has 3 rings (SSSR count). The minimum atomic E-state index is 1.01. The molecule has 0 amide bonds. The van der Waals surface area contributed by atoms with Crippen molar-refractivity contribution in [3.05, 3.63) is 60.2 Å². The van der Waals surface area contributed by atoms with Gasteiger partial charge in [-0.05, 0) is 45.7 Å². The molecule has 0 fully saturated rings. The standard InChI is InChI=1S/C16H13Br/c17-9-8-12-6-3-7-15-10-13-4-1-2-5-14(13)11-16(12)15/h1-7,10-11H,8-9H2. The zero-order valence-electron chi connectivity index (χ0n) is 9.49. The third-order valence-electron chi connectivity index (χ3n) is 3.20. The maximum absolute atomic E-state index is 3.52. The van der Waals surface area contributed by atoms with Crippen molar-refractivity contribution >= 4 is 37.5 Å². The van der Waals surface area contributed by atoms with Gasteiger partial charge in [-0.25, -0.2) is 0 Å². The second kappa shape index (κ2) is 4.50. The van der Waals surface area contributed by atoms with Crippen molar-refractivity contribution < 1.29 is 0 Å². The highest BCUT2D eigenvalue weighted by molar-refractivity contribution is 9.09. The molecule has 0 heterocycles. The van der Waals surface area contributed by atoms with Crippen LogP contribution in [0.3, 0.4) is 0 Å². The number of hydrogen-bond acceptors (Lipinski definition) is 0. The normalized spacial score (nSPS) is 11.1. The molecule has 0 N–H and O–H groups in total. The molecule has 3 aromatic carbocycles. The van der Waals surface area contributed by atoms with Gasteiger partial charge in [-0.15, -0.1) is 0 Å².